The highest BCUT2D eigenvalue weighted by Gasteiger charge is 2.12. The summed E-state index contributed by atoms with van der Waals surface area (Å²) in [4.78, 5) is 21.7. The molecular formula is C12H9NO5. The number of methoxy groups -OCH3 is 1. The van der Waals surface area contributed by atoms with E-state index in [1.54, 1.807) is 6.07 Å². The molecule has 6 heteroatoms. The molecular weight excluding hydrogens is 238 g/mol. The minimum Gasteiger partial charge on any atom is -0.507 e. The van der Waals surface area contributed by atoms with Crippen molar-refractivity contribution < 1.29 is 24.5 Å². The van der Waals surface area contributed by atoms with Gasteiger partial charge in [-0.3, -0.25) is 0 Å². The summed E-state index contributed by atoms with van der Waals surface area (Å²) in [6.07, 6.45) is 0.954. The van der Waals surface area contributed by atoms with Crippen LogP contribution in [-0.4, -0.2) is 29.3 Å². The van der Waals surface area contributed by atoms with E-state index in [2.05, 4.69) is 4.74 Å². The van der Waals surface area contributed by atoms with E-state index in [-0.39, 0.29) is 16.7 Å². The third-order valence-corrected chi connectivity index (χ3v) is 2.12. The number of hydrogen-bond acceptors (Lipinski definition) is 5. The van der Waals surface area contributed by atoms with Crippen LogP contribution in [0.1, 0.15) is 15.9 Å². The summed E-state index contributed by atoms with van der Waals surface area (Å²) in [6, 6.07) is 5.33. The Bertz CT molecular complexity index is 568. The second-order valence-electron chi connectivity index (χ2n) is 3.23. The summed E-state index contributed by atoms with van der Waals surface area (Å²) in [5.41, 5.74) is -0.0893. The Labute approximate surface area is 102 Å². The fraction of sp³-hybridized carbons (Fsp3) is 0.0833. The molecule has 0 heterocycles. The van der Waals surface area contributed by atoms with Crippen LogP contribution in [0.5, 0.6) is 5.75 Å². The third kappa shape index (κ3) is 2.86. The van der Waals surface area contributed by atoms with Crippen molar-refractivity contribution in [2.45, 2.75) is 0 Å². The predicted octanol–water partition coefficient (Wildman–Crippen LogP) is 1.17. The quantitative estimate of drug-likeness (QED) is 0.471. The number of aromatic hydroxyl groups is 1. The number of esters is 1. The molecule has 0 saturated carbocycles. The Kier molecular flexibility index (Phi) is 4.05. The molecule has 0 aliphatic heterocycles. The van der Waals surface area contributed by atoms with Crippen LogP contribution in [0, 0.1) is 11.3 Å². The normalized spacial score (nSPS) is 10.6. The first kappa shape index (κ1) is 13.3. The highest BCUT2D eigenvalue weighted by atomic mass is 16.5. The number of carboxylic acids is 1. The van der Waals surface area contributed by atoms with Crippen LogP contribution < -0.4 is 0 Å². The largest absolute Gasteiger partial charge is 0.507 e. The van der Waals surface area contributed by atoms with Gasteiger partial charge in [0.25, 0.3) is 0 Å². The van der Waals surface area contributed by atoms with Gasteiger partial charge >= 0.3 is 11.9 Å². The Morgan fingerprint density at radius 3 is 2.56 bits per heavy atom. The molecule has 0 radical (unpaired) electrons. The molecule has 0 bridgehead atoms. The first-order valence-corrected chi connectivity index (χ1v) is 4.76. The van der Waals surface area contributed by atoms with Crippen molar-refractivity contribution in [1.82, 2.24) is 0 Å². The molecule has 1 rings (SSSR count). The summed E-state index contributed by atoms with van der Waals surface area (Å²) < 4.78 is 4.37. The summed E-state index contributed by atoms with van der Waals surface area (Å²) in [6.45, 7) is 0. The Morgan fingerprint density at radius 1 is 1.44 bits per heavy atom. The number of ether oxygens (including phenoxy) is 1. The van der Waals surface area contributed by atoms with Crippen molar-refractivity contribution >= 4 is 17.5 Å². The van der Waals surface area contributed by atoms with Crippen LogP contribution >= 0.6 is 0 Å². The van der Waals surface area contributed by atoms with E-state index in [0.29, 0.717) is 0 Å². The fourth-order valence-electron chi connectivity index (χ4n) is 1.24. The summed E-state index contributed by atoms with van der Waals surface area (Å²) in [5, 5.41) is 27.1. The summed E-state index contributed by atoms with van der Waals surface area (Å²) in [5.74, 6) is -2.48. The van der Waals surface area contributed by atoms with Gasteiger partial charge < -0.3 is 14.9 Å². The molecule has 0 aliphatic carbocycles. The first-order valence-electron chi connectivity index (χ1n) is 4.76. The van der Waals surface area contributed by atoms with Crippen LogP contribution in [-0.2, 0) is 9.53 Å². The van der Waals surface area contributed by atoms with Crippen LogP contribution in [0.2, 0.25) is 0 Å². The molecule has 1 aromatic carbocycles. The lowest BCUT2D eigenvalue weighted by Crippen LogP contribution is -1.99. The Hall–Kier alpha value is -2.81. The van der Waals surface area contributed by atoms with Crippen molar-refractivity contribution in [2.75, 3.05) is 7.11 Å². The molecule has 0 spiro atoms. The monoisotopic (exact) mass is 247 g/mol. The minimum absolute atomic E-state index is 0.0333. The average Bonchev–Trinajstić information content (AvgIpc) is 2.34. The number of nitrogens with zero attached hydrogens (tertiary/aromatic N) is 1. The molecule has 0 aromatic heterocycles. The van der Waals surface area contributed by atoms with Gasteiger partial charge in [-0.05, 0) is 17.7 Å². The van der Waals surface area contributed by atoms with E-state index in [1.165, 1.54) is 13.2 Å². The van der Waals surface area contributed by atoms with Gasteiger partial charge in [0.1, 0.15) is 17.4 Å². The maximum absolute atomic E-state index is 11.0. The Balaban J connectivity index is 3.22. The maximum Gasteiger partial charge on any atom is 0.339 e. The number of carboxylic acid groups (broad SMARTS) is 1. The number of nitriles is 1. The van der Waals surface area contributed by atoms with E-state index in [1.807, 2.05) is 0 Å². The van der Waals surface area contributed by atoms with Gasteiger partial charge in [0, 0.05) is 6.08 Å². The average molecular weight is 247 g/mol. The Morgan fingerprint density at radius 2 is 2.11 bits per heavy atom. The van der Waals surface area contributed by atoms with Crippen LogP contribution in [0.25, 0.3) is 5.57 Å². The smallest absolute Gasteiger partial charge is 0.339 e. The molecule has 0 saturated heterocycles. The van der Waals surface area contributed by atoms with Gasteiger partial charge in [-0.2, -0.15) is 5.26 Å². The zero-order valence-corrected chi connectivity index (χ0v) is 9.38. The summed E-state index contributed by atoms with van der Waals surface area (Å²) in [7, 11) is 1.17. The second-order valence-corrected chi connectivity index (χ2v) is 3.23. The predicted molar refractivity (Wildman–Crippen MR) is 60.7 cm³/mol. The third-order valence-electron chi connectivity index (χ3n) is 2.12. The van der Waals surface area contributed by atoms with E-state index >= 15 is 0 Å². The van der Waals surface area contributed by atoms with Crippen molar-refractivity contribution in [2.24, 2.45) is 0 Å². The van der Waals surface area contributed by atoms with Gasteiger partial charge in [-0.1, -0.05) is 6.07 Å². The highest BCUT2D eigenvalue weighted by Crippen LogP contribution is 2.23. The number of phenols is 1. The van der Waals surface area contributed by atoms with Crippen molar-refractivity contribution in [1.29, 1.82) is 5.26 Å². The van der Waals surface area contributed by atoms with Gasteiger partial charge in [-0.15, -0.1) is 0 Å². The zero-order valence-electron chi connectivity index (χ0n) is 9.38. The molecule has 0 aliphatic rings. The van der Waals surface area contributed by atoms with Gasteiger partial charge in [0.05, 0.1) is 12.7 Å². The second kappa shape index (κ2) is 5.50. The summed E-state index contributed by atoms with van der Waals surface area (Å²) >= 11 is 0. The molecule has 92 valence electrons. The number of benzene rings is 1. The molecule has 0 amide bonds. The number of hydrogen-bond donors (Lipinski definition) is 2. The lowest BCUT2D eigenvalue weighted by molar-refractivity contribution is -0.134. The molecule has 1 aromatic rings. The van der Waals surface area contributed by atoms with E-state index in [4.69, 9.17) is 10.4 Å². The van der Waals surface area contributed by atoms with Gasteiger partial charge in [0.15, 0.2) is 0 Å². The van der Waals surface area contributed by atoms with Crippen LogP contribution in [0.3, 0.4) is 0 Å². The standard InChI is InChI=1S/C12H9NO5/c1-18-11(15)5-8(6-13)7-2-3-9(12(16)17)10(14)4-7/h2-5,14H,1H3,(H,16,17). The van der Waals surface area contributed by atoms with E-state index in [9.17, 15) is 14.7 Å². The number of aromatic carboxylic acids is 1. The van der Waals surface area contributed by atoms with E-state index < -0.39 is 17.7 Å². The van der Waals surface area contributed by atoms with Gasteiger partial charge in [0.2, 0.25) is 0 Å². The molecule has 0 unspecified atom stereocenters. The molecule has 18 heavy (non-hydrogen) atoms. The number of rotatable bonds is 3. The number of carbonyl (C=O) groups is 2. The maximum atomic E-state index is 11.0. The van der Waals surface area contributed by atoms with Crippen molar-refractivity contribution in [3.8, 4) is 11.8 Å². The topological polar surface area (TPSA) is 108 Å². The van der Waals surface area contributed by atoms with E-state index in [0.717, 1.165) is 18.2 Å². The fourth-order valence-corrected chi connectivity index (χ4v) is 1.24. The van der Waals surface area contributed by atoms with Crippen molar-refractivity contribution in [3.63, 3.8) is 0 Å². The molecule has 0 atom stereocenters. The molecule has 6 nitrogen and oxygen atoms in total. The van der Waals surface area contributed by atoms with Gasteiger partial charge in [-0.25, -0.2) is 9.59 Å². The minimum atomic E-state index is -1.28. The lowest BCUT2D eigenvalue weighted by Gasteiger charge is -2.03. The zero-order chi connectivity index (χ0) is 13.7. The highest BCUT2D eigenvalue weighted by molar-refractivity contribution is 5.96. The van der Waals surface area contributed by atoms with Crippen LogP contribution in [0.4, 0.5) is 0 Å². The number of carbonyl (C=O) groups excluding carboxylic acids is 1. The first-order chi connectivity index (χ1) is 8.49. The van der Waals surface area contributed by atoms with Crippen LogP contribution in [0.15, 0.2) is 24.3 Å². The number of allylic oxidation sites excluding steroid dienone is 1. The lowest BCUT2D eigenvalue weighted by atomic mass is 10.0. The van der Waals surface area contributed by atoms with Crippen molar-refractivity contribution in [3.05, 3.63) is 35.4 Å². The SMILES string of the molecule is COC(=O)C=C(C#N)c1ccc(C(=O)O)c(O)c1. The molecule has 0 fully saturated rings. The molecule has 2 N–H and O–H groups in total.